The predicted molar refractivity (Wildman–Crippen MR) is 88.0 cm³/mol. The maximum atomic E-state index is 14.6. The second-order valence-corrected chi connectivity index (χ2v) is 6.89. The Morgan fingerprint density at radius 3 is 2.48 bits per heavy atom. The van der Waals surface area contributed by atoms with E-state index in [0.717, 1.165) is 19.4 Å². The van der Waals surface area contributed by atoms with Gasteiger partial charge in [0.2, 0.25) is 0 Å². The van der Waals surface area contributed by atoms with Crippen LogP contribution in [0.5, 0.6) is 0 Å². The van der Waals surface area contributed by atoms with E-state index in [1.54, 1.807) is 11.9 Å². The number of hydrogen-bond donors (Lipinski definition) is 1. The molecule has 136 valence electrons. The van der Waals surface area contributed by atoms with Crippen LogP contribution in [0.25, 0.3) is 0 Å². The third kappa shape index (κ3) is 3.04. The van der Waals surface area contributed by atoms with Crippen LogP contribution >= 0.6 is 0 Å². The lowest BCUT2D eigenvalue weighted by Gasteiger charge is -2.32. The number of nitrogens with zero attached hydrogens (tertiary/aromatic N) is 2. The average molecular weight is 353 g/mol. The first kappa shape index (κ1) is 16.5. The summed E-state index contributed by atoms with van der Waals surface area (Å²) >= 11 is 0. The van der Waals surface area contributed by atoms with Gasteiger partial charge in [0.15, 0.2) is 11.6 Å². The summed E-state index contributed by atoms with van der Waals surface area (Å²) in [6.45, 7) is 2.62. The molecule has 0 aliphatic carbocycles. The SMILES string of the molecule is CNCC1CN(c2cc(F)c(N3CCC4(CC3)CO4)c(F)c2)C(=O)O1. The van der Waals surface area contributed by atoms with Crippen LogP contribution in [0, 0.1) is 11.6 Å². The van der Waals surface area contributed by atoms with Crippen molar-refractivity contribution in [3.8, 4) is 0 Å². The smallest absolute Gasteiger partial charge is 0.414 e. The normalized spacial score (nSPS) is 24.8. The second kappa shape index (κ2) is 6.10. The Bertz CT molecular complexity index is 663. The molecule has 4 rings (SSSR count). The number of rotatable bonds is 4. The largest absolute Gasteiger partial charge is 0.443 e. The number of piperidine rings is 1. The molecule has 0 radical (unpaired) electrons. The number of epoxide rings is 1. The summed E-state index contributed by atoms with van der Waals surface area (Å²) in [6.07, 6.45) is 0.632. The minimum atomic E-state index is -0.660. The minimum absolute atomic E-state index is 0.0291. The fourth-order valence-corrected chi connectivity index (χ4v) is 3.60. The highest BCUT2D eigenvalue weighted by Gasteiger charge is 2.47. The molecule has 1 spiro atoms. The average Bonchev–Trinajstić information content (AvgIpc) is 3.22. The van der Waals surface area contributed by atoms with Crippen LogP contribution in [0.3, 0.4) is 0 Å². The van der Waals surface area contributed by atoms with Gasteiger partial charge in [-0.1, -0.05) is 0 Å². The van der Waals surface area contributed by atoms with E-state index in [0.29, 0.717) is 19.6 Å². The van der Waals surface area contributed by atoms with Crippen molar-refractivity contribution in [2.45, 2.75) is 24.5 Å². The number of halogens is 2. The summed E-state index contributed by atoms with van der Waals surface area (Å²) < 4.78 is 39.9. The molecule has 25 heavy (non-hydrogen) atoms. The molecular weight excluding hydrogens is 332 g/mol. The van der Waals surface area contributed by atoms with Crippen LogP contribution in [0.4, 0.5) is 25.0 Å². The van der Waals surface area contributed by atoms with Crippen molar-refractivity contribution in [1.29, 1.82) is 0 Å². The summed E-state index contributed by atoms with van der Waals surface area (Å²) in [5.74, 6) is -1.32. The van der Waals surface area contributed by atoms with Crippen molar-refractivity contribution in [1.82, 2.24) is 5.32 Å². The zero-order valence-corrected chi connectivity index (χ0v) is 14.1. The molecular formula is C17H21F2N3O3. The Hall–Kier alpha value is -1.93. The standard InChI is InChI=1S/C17H21F2N3O3/c1-20-8-12-9-22(16(23)25-12)11-6-13(18)15(14(19)7-11)21-4-2-17(3-5-21)10-24-17/h6-7,12,20H,2-5,8-10H2,1H3. The van der Waals surface area contributed by atoms with Crippen molar-refractivity contribution < 1.29 is 23.0 Å². The molecule has 1 N–H and O–H groups in total. The summed E-state index contributed by atoms with van der Waals surface area (Å²) in [5.41, 5.74) is 0.102. The van der Waals surface area contributed by atoms with Crippen LogP contribution in [-0.4, -0.2) is 57.6 Å². The number of ether oxygens (including phenoxy) is 2. The highest BCUT2D eigenvalue weighted by atomic mass is 19.1. The molecule has 3 fully saturated rings. The van der Waals surface area contributed by atoms with E-state index in [-0.39, 0.29) is 29.6 Å². The number of likely N-dealkylation sites (N-methyl/N-ethyl adjacent to an activating group) is 1. The van der Waals surface area contributed by atoms with Gasteiger partial charge in [-0.15, -0.1) is 0 Å². The number of carbonyl (C=O) groups is 1. The van der Waals surface area contributed by atoms with Gasteiger partial charge in [0.1, 0.15) is 11.8 Å². The second-order valence-electron chi connectivity index (χ2n) is 6.89. The Labute approximate surface area is 144 Å². The summed E-state index contributed by atoms with van der Waals surface area (Å²) in [7, 11) is 1.75. The minimum Gasteiger partial charge on any atom is -0.443 e. The first-order chi connectivity index (χ1) is 12.0. The summed E-state index contributed by atoms with van der Waals surface area (Å²) in [6, 6.07) is 2.42. The number of carbonyl (C=O) groups excluding carboxylic acids is 1. The number of benzene rings is 1. The van der Waals surface area contributed by atoms with Crippen LogP contribution < -0.4 is 15.1 Å². The van der Waals surface area contributed by atoms with Gasteiger partial charge in [0.05, 0.1) is 24.4 Å². The molecule has 6 nitrogen and oxygen atoms in total. The summed E-state index contributed by atoms with van der Waals surface area (Å²) in [4.78, 5) is 14.9. The van der Waals surface area contributed by atoms with E-state index in [4.69, 9.17) is 9.47 Å². The van der Waals surface area contributed by atoms with Gasteiger partial charge < -0.3 is 19.7 Å². The molecule has 1 aromatic rings. The van der Waals surface area contributed by atoms with Crippen molar-refractivity contribution in [2.75, 3.05) is 49.6 Å². The maximum absolute atomic E-state index is 14.6. The van der Waals surface area contributed by atoms with E-state index in [2.05, 4.69) is 5.32 Å². The van der Waals surface area contributed by atoms with Crippen LogP contribution in [-0.2, 0) is 9.47 Å². The Morgan fingerprint density at radius 1 is 1.28 bits per heavy atom. The van der Waals surface area contributed by atoms with Gasteiger partial charge in [0.25, 0.3) is 0 Å². The van der Waals surface area contributed by atoms with Gasteiger partial charge in [-0.2, -0.15) is 0 Å². The molecule has 0 aromatic heterocycles. The maximum Gasteiger partial charge on any atom is 0.414 e. The monoisotopic (exact) mass is 353 g/mol. The zero-order valence-electron chi connectivity index (χ0n) is 14.1. The van der Waals surface area contributed by atoms with E-state index >= 15 is 0 Å². The molecule has 1 amide bonds. The molecule has 1 unspecified atom stereocenters. The van der Waals surface area contributed by atoms with Gasteiger partial charge >= 0.3 is 6.09 Å². The predicted octanol–water partition coefficient (Wildman–Crippen LogP) is 1.88. The highest BCUT2D eigenvalue weighted by Crippen LogP contribution is 2.40. The van der Waals surface area contributed by atoms with Crippen molar-refractivity contribution in [3.63, 3.8) is 0 Å². The first-order valence-electron chi connectivity index (χ1n) is 8.52. The summed E-state index contributed by atoms with van der Waals surface area (Å²) in [5, 5.41) is 2.92. The molecule has 1 aromatic carbocycles. The Morgan fingerprint density at radius 2 is 1.92 bits per heavy atom. The van der Waals surface area contributed by atoms with Crippen LogP contribution in [0.2, 0.25) is 0 Å². The van der Waals surface area contributed by atoms with Gasteiger partial charge in [-0.05, 0) is 19.9 Å². The fourth-order valence-electron chi connectivity index (χ4n) is 3.60. The molecule has 0 bridgehead atoms. The third-order valence-electron chi connectivity index (χ3n) is 5.16. The lowest BCUT2D eigenvalue weighted by atomic mass is 9.97. The number of amides is 1. The first-order valence-corrected chi connectivity index (χ1v) is 8.52. The van der Waals surface area contributed by atoms with Crippen molar-refractivity contribution >= 4 is 17.5 Å². The third-order valence-corrected chi connectivity index (χ3v) is 5.16. The van der Waals surface area contributed by atoms with E-state index < -0.39 is 17.7 Å². The lowest BCUT2D eigenvalue weighted by molar-refractivity contribution is 0.141. The number of anilines is 2. The topological polar surface area (TPSA) is 57.3 Å². The molecule has 3 heterocycles. The Balaban J connectivity index is 1.53. The molecule has 1 atom stereocenters. The van der Waals surface area contributed by atoms with Gasteiger partial charge in [-0.25, -0.2) is 13.6 Å². The molecule has 3 aliphatic heterocycles. The number of nitrogens with one attached hydrogen (secondary N) is 1. The molecule has 3 aliphatic rings. The molecule has 8 heteroatoms. The number of hydrogen-bond acceptors (Lipinski definition) is 5. The van der Waals surface area contributed by atoms with Gasteiger partial charge in [0, 0.05) is 31.8 Å². The van der Waals surface area contributed by atoms with E-state index in [1.807, 2.05) is 0 Å². The quantitative estimate of drug-likeness (QED) is 0.838. The van der Waals surface area contributed by atoms with Crippen molar-refractivity contribution in [3.05, 3.63) is 23.8 Å². The zero-order chi connectivity index (χ0) is 17.6. The van der Waals surface area contributed by atoms with Crippen LogP contribution in [0.1, 0.15) is 12.8 Å². The lowest BCUT2D eigenvalue weighted by Crippen LogP contribution is -2.38. The Kier molecular flexibility index (Phi) is 4.04. The van der Waals surface area contributed by atoms with E-state index in [9.17, 15) is 13.6 Å². The molecule has 0 saturated carbocycles. The van der Waals surface area contributed by atoms with Crippen LogP contribution in [0.15, 0.2) is 12.1 Å². The number of cyclic esters (lactones) is 1. The van der Waals surface area contributed by atoms with Crippen molar-refractivity contribution in [2.24, 2.45) is 0 Å². The highest BCUT2D eigenvalue weighted by molar-refractivity contribution is 5.90. The fraction of sp³-hybridized carbons (Fsp3) is 0.588. The van der Waals surface area contributed by atoms with E-state index in [1.165, 1.54) is 17.0 Å². The van der Waals surface area contributed by atoms with Gasteiger partial charge in [-0.3, -0.25) is 4.90 Å². The molecule has 3 saturated heterocycles.